The van der Waals surface area contributed by atoms with Crippen LogP contribution < -0.4 is 5.32 Å². The molecule has 47 heavy (non-hydrogen) atoms. The Bertz CT molecular complexity index is 838. The number of hydrogen-bond donors (Lipinski definition) is 3. The molecule has 0 rings (SSSR count). The summed E-state index contributed by atoms with van der Waals surface area (Å²) < 4.78 is 0. The van der Waals surface area contributed by atoms with Gasteiger partial charge in [-0.3, -0.25) is 4.79 Å². The summed E-state index contributed by atoms with van der Waals surface area (Å²) in [6.45, 7) is 4.16. The van der Waals surface area contributed by atoms with Gasteiger partial charge in [-0.25, -0.2) is 0 Å². The first kappa shape index (κ1) is 44.8. The minimum absolute atomic E-state index is 0.0923. The molecule has 0 heterocycles. The Kier molecular flexibility index (Phi) is 36.5. The molecule has 0 fully saturated rings. The van der Waals surface area contributed by atoms with Crippen molar-refractivity contribution >= 4 is 5.91 Å². The predicted molar refractivity (Wildman–Crippen MR) is 207 cm³/mol. The number of nitrogens with one attached hydrogen (secondary N) is 1. The molecule has 0 aliphatic carbocycles. The van der Waals surface area contributed by atoms with Gasteiger partial charge in [0, 0.05) is 6.42 Å². The molecular formula is C43H75NO3. The average molecular weight is 654 g/mol. The summed E-state index contributed by atoms with van der Waals surface area (Å²) in [5.41, 5.74) is 0. The SMILES string of the molecule is CC/C=C\C/C=C\C/C=C\CCCCCCCCCC(=O)NC(CO)C(O)/C=C/CC/C=C/CC/C=C/CCCCCCCCCC. The minimum atomic E-state index is -0.876. The van der Waals surface area contributed by atoms with Crippen molar-refractivity contribution in [2.45, 2.75) is 187 Å². The lowest BCUT2D eigenvalue weighted by atomic mass is 10.1. The van der Waals surface area contributed by atoms with Crippen molar-refractivity contribution in [2.24, 2.45) is 0 Å². The number of carbonyl (C=O) groups excluding carboxylic acids is 1. The van der Waals surface area contributed by atoms with E-state index in [-0.39, 0.29) is 12.5 Å². The summed E-state index contributed by atoms with van der Waals surface area (Å²) in [4.78, 5) is 12.3. The third-order valence-electron chi connectivity index (χ3n) is 8.40. The van der Waals surface area contributed by atoms with Crippen molar-refractivity contribution in [1.29, 1.82) is 0 Å². The predicted octanol–water partition coefficient (Wildman–Crippen LogP) is 12.0. The molecule has 2 unspecified atom stereocenters. The van der Waals surface area contributed by atoms with Crippen molar-refractivity contribution in [3.8, 4) is 0 Å². The van der Waals surface area contributed by atoms with Crippen molar-refractivity contribution in [2.75, 3.05) is 6.61 Å². The summed E-state index contributed by atoms with van der Waals surface area (Å²) in [5.74, 6) is -0.0923. The second-order valence-corrected chi connectivity index (χ2v) is 12.9. The fourth-order valence-corrected chi connectivity index (χ4v) is 5.40. The molecule has 3 N–H and O–H groups in total. The van der Waals surface area contributed by atoms with Crippen LogP contribution in [0.5, 0.6) is 0 Å². The van der Waals surface area contributed by atoms with Gasteiger partial charge in [-0.05, 0) is 77.0 Å². The lowest BCUT2D eigenvalue weighted by Gasteiger charge is -2.19. The van der Waals surface area contributed by atoms with Crippen LogP contribution in [0, 0.1) is 0 Å². The normalized spacial score (nSPS) is 13.9. The molecule has 0 aromatic heterocycles. The molecule has 1 amide bonds. The van der Waals surface area contributed by atoms with E-state index < -0.39 is 12.1 Å². The Morgan fingerprint density at radius 3 is 1.49 bits per heavy atom. The van der Waals surface area contributed by atoms with Gasteiger partial charge in [-0.2, -0.15) is 0 Å². The number of unbranched alkanes of at least 4 members (excludes halogenated alkanes) is 17. The third-order valence-corrected chi connectivity index (χ3v) is 8.40. The largest absolute Gasteiger partial charge is 0.394 e. The van der Waals surface area contributed by atoms with Crippen LogP contribution in [0.3, 0.4) is 0 Å². The van der Waals surface area contributed by atoms with E-state index >= 15 is 0 Å². The maximum atomic E-state index is 12.3. The minimum Gasteiger partial charge on any atom is -0.394 e. The molecule has 0 aliphatic heterocycles. The summed E-state index contributed by atoms with van der Waals surface area (Å²) >= 11 is 0. The monoisotopic (exact) mass is 654 g/mol. The van der Waals surface area contributed by atoms with Crippen LogP contribution in [0.25, 0.3) is 0 Å². The smallest absolute Gasteiger partial charge is 0.220 e. The second kappa shape index (κ2) is 38.3. The maximum Gasteiger partial charge on any atom is 0.220 e. The highest BCUT2D eigenvalue weighted by Gasteiger charge is 2.17. The van der Waals surface area contributed by atoms with Gasteiger partial charge < -0.3 is 15.5 Å². The van der Waals surface area contributed by atoms with E-state index in [0.29, 0.717) is 6.42 Å². The summed E-state index contributed by atoms with van der Waals surface area (Å²) in [5, 5.41) is 22.9. The van der Waals surface area contributed by atoms with E-state index in [1.807, 2.05) is 6.08 Å². The van der Waals surface area contributed by atoms with Gasteiger partial charge in [0.1, 0.15) is 0 Å². The molecule has 0 radical (unpaired) electrons. The standard InChI is InChI=1S/C43H75NO3/c1-3-5-7-9-11-13-15-17-19-21-23-24-26-28-30-32-34-36-38-42(46)41(40-45)44-43(47)39-37-35-33-31-29-27-25-22-20-18-16-14-12-10-8-6-4-2/h6,8,12,14,18,20-21,23,28,30,36,38,41-42,45-46H,3-5,7,9-11,13,15-17,19,22,24-27,29,31-35,37,39-40H2,1-2H3,(H,44,47)/b8-6-,14-12-,20-18-,23-21+,30-28+,38-36+. The second-order valence-electron chi connectivity index (χ2n) is 12.9. The van der Waals surface area contributed by atoms with Crippen LogP contribution in [-0.4, -0.2) is 34.9 Å². The number of hydrogen-bond acceptors (Lipinski definition) is 3. The lowest BCUT2D eigenvalue weighted by Crippen LogP contribution is -2.45. The van der Waals surface area contributed by atoms with Gasteiger partial charge in [0.05, 0.1) is 18.8 Å². The molecule has 0 spiro atoms. The van der Waals surface area contributed by atoms with Gasteiger partial charge >= 0.3 is 0 Å². The summed E-state index contributed by atoms with van der Waals surface area (Å²) in [6.07, 6.45) is 54.2. The first-order valence-electron chi connectivity index (χ1n) is 19.7. The van der Waals surface area contributed by atoms with Crippen LogP contribution in [0.4, 0.5) is 0 Å². The van der Waals surface area contributed by atoms with E-state index in [1.165, 1.54) is 83.5 Å². The number of amides is 1. The van der Waals surface area contributed by atoms with Crippen molar-refractivity contribution in [3.63, 3.8) is 0 Å². The average Bonchev–Trinajstić information content (AvgIpc) is 3.07. The number of aliphatic hydroxyl groups excluding tert-OH is 2. The molecule has 0 bridgehead atoms. The molecule has 4 nitrogen and oxygen atoms in total. The van der Waals surface area contributed by atoms with E-state index in [9.17, 15) is 15.0 Å². The highest BCUT2D eigenvalue weighted by molar-refractivity contribution is 5.76. The Morgan fingerprint density at radius 1 is 0.532 bits per heavy atom. The van der Waals surface area contributed by atoms with Crippen LogP contribution in [0.2, 0.25) is 0 Å². The molecular weight excluding hydrogens is 578 g/mol. The zero-order chi connectivity index (χ0) is 34.3. The van der Waals surface area contributed by atoms with Crippen LogP contribution in [0.15, 0.2) is 72.9 Å². The highest BCUT2D eigenvalue weighted by atomic mass is 16.3. The van der Waals surface area contributed by atoms with Crippen LogP contribution >= 0.6 is 0 Å². The Morgan fingerprint density at radius 2 is 0.957 bits per heavy atom. The maximum absolute atomic E-state index is 12.3. The van der Waals surface area contributed by atoms with Crippen LogP contribution in [-0.2, 0) is 4.79 Å². The van der Waals surface area contributed by atoms with Gasteiger partial charge in [0.2, 0.25) is 5.91 Å². The topological polar surface area (TPSA) is 69.6 Å². The number of allylic oxidation sites excluding steroid dienone is 11. The van der Waals surface area contributed by atoms with Crippen molar-refractivity contribution < 1.29 is 15.0 Å². The van der Waals surface area contributed by atoms with E-state index in [2.05, 4.69) is 79.9 Å². The Hall–Kier alpha value is -2.17. The van der Waals surface area contributed by atoms with Crippen molar-refractivity contribution in [1.82, 2.24) is 5.32 Å². The zero-order valence-corrected chi connectivity index (χ0v) is 30.8. The first-order valence-corrected chi connectivity index (χ1v) is 19.7. The number of rotatable bonds is 34. The molecule has 0 aliphatic rings. The quantitative estimate of drug-likeness (QED) is 0.0478. The molecule has 0 saturated carbocycles. The molecule has 270 valence electrons. The van der Waals surface area contributed by atoms with Crippen molar-refractivity contribution in [3.05, 3.63) is 72.9 Å². The molecule has 0 saturated heterocycles. The fraction of sp³-hybridized carbons (Fsp3) is 0.698. The first-order chi connectivity index (χ1) is 23.2. The lowest BCUT2D eigenvalue weighted by molar-refractivity contribution is -0.123. The summed E-state index contributed by atoms with van der Waals surface area (Å²) in [6, 6.07) is -0.653. The van der Waals surface area contributed by atoms with Gasteiger partial charge in [0.25, 0.3) is 0 Å². The molecule has 0 aromatic rings. The van der Waals surface area contributed by atoms with Crippen LogP contribution in [0.1, 0.15) is 174 Å². The van der Waals surface area contributed by atoms with E-state index in [0.717, 1.165) is 70.6 Å². The highest BCUT2D eigenvalue weighted by Crippen LogP contribution is 2.12. The summed E-state index contributed by atoms with van der Waals surface area (Å²) in [7, 11) is 0. The Labute approximate surface area is 291 Å². The number of carbonyl (C=O) groups is 1. The number of aliphatic hydroxyl groups is 2. The third kappa shape index (κ3) is 35.0. The van der Waals surface area contributed by atoms with E-state index in [4.69, 9.17) is 0 Å². The zero-order valence-electron chi connectivity index (χ0n) is 30.8. The Balaban J connectivity index is 3.73. The molecule has 0 aromatic carbocycles. The van der Waals surface area contributed by atoms with Gasteiger partial charge in [0.15, 0.2) is 0 Å². The molecule has 4 heteroatoms. The molecule has 2 atom stereocenters. The van der Waals surface area contributed by atoms with E-state index in [1.54, 1.807) is 6.08 Å². The van der Waals surface area contributed by atoms with Gasteiger partial charge in [-0.15, -0.1) is 0 Å². The van der Waals surface area contributed by atoms with Gasteiger partial charge in [-0.1, -0.05) is 164 Å². The fourth-order valence-electron chi connectivity index (χ4n) is 5.40.